The number of hydrogen-bond acceptors (Lipinski definition) is 1. The topological polar surface area (TPSA) is 12.0 Å². The Bertz CT molecular complexity index is 233. The van der Waals surface area contributed by atoms with Crippen LogP contribution in [0.4, 0.5) is 0 Å². The summed E-state index contributed by atoms with van der Waals surface area (Å²) in [7, 11) is 0. The number of nitrogens with one attached hydrogen (secondary N) is 1. The molecule has 0 aliphatic heterocycles. The lowest BCUT2D eigenvalue weighted by Gasteiger charge is -2.48. The van der Waals surface area contributed by atoms with Crippen LogP contribution in [0.1, 0.15) is 59.8 Å². The number of hydrogen-bond donors (Lipinski definition) is 1. The van der Waals surface area contributed by atoms with Gasteiger partial charge in [-0.15, -0.1) is 0 Å². The molecule has 2 saturated carbocycles. The molecule has 0 spiro atoms. The molecule has 2 aliphatic rings. The summed E-state index contributed by atoms with van der Waals surface area (Å²) < 4.78 is 0. The van der Waals surface area contributed by atoms with Crippen molar-refractivity contribution in [3.63, 3.8) is 0 Å². The molecule has 2 rings (SSSR count). The molecule has 0 saturated heterocycles. The summed E-state index contributed by atoms with van der Waals surface area (Å²) in [4.78, 5) is 0. The highest BCUT2D eigenvalue weighted by atomic mass is 15.0. The maximum atomic E-state index is 3.88. The predicted octanol–water partition coefficient (Wildman–Crippen LogP) is 3.59. The Balaban J connectivity index is 2.05. The summed E-state index contributed by atoms with van der Waals surface area (Å²) in [6.45, 7) is 10.9. The van der Waals surface area contributed by atoms with E-state index < -0.39 is 0 Å². The summed E-state index contributed by atoms with van der Waals surface area (Å²) in [5.41, 5.74) is 0.911. The summed E-state index contributed by atoms with van der Waals surface area (Å²) >= 11 is 0. The van der Waals surface area contributed by atoms with E-state index in [0.717, 1.165) is 11.8 Å². The molecule has 3 unspecified atom stereocenters. The summed E-state index contributed by atoms with van der Waals surface area (Å²) in [6.07, 6.45) is 7.04. The molecule has 0 amide bonds. The average Bonchev–Trinajstić information content (AvgIpc) is 2.71. The van der Waals surface area contributed by atoms with E-state index in [9.17, 15) is 0 Å². The lowest BCUT2D eigenvalue weighted by atomic mass is 9.64. The van der Waals surface area contributed by atoms with E-state index in [1.54, 1.807) is 0 Å². The molecule has 2 aliphatic carbocycles. The highest BCUT2D eigenvalue weighted by Gasteiger charge is 2.59. The Kier molecular flexibility index (Phi) is 2.87. The largest absolute Gasteiger partial charge is 0.311 e. The molecule has 1 N–H and O–H groups in total. The van der Waals surface area contributed by atoms with Gasteiger partial charge in [0.25, 0.3) is 0 Å². The lowest BCUT2D eigenvalue weighted by Crippen LogP contribution is -2.57. The van der Waals surface area contributed by atoms with Gasteiger partial charge >= 0.3 is 0 Å². The third kappa shape index (κ3) is 1.54. The summed E-state index contributed by atoms with van der Waals surface area (Å²) in [6, 6.07) is 0. The van der Waals surface area contributed by atoms with Gasteiger partial charge in [0.2, 0.25) is 0 Å². The van der Waals surface area contributed by atoms with Crippen LogP contribution in [-0.2, 0) is 0 Å². The zero-order valence-corrected chi connectivity index (χ0v) is 10.9. The van der Waals surface area contributed by atoms with Crippen molar-refractivity contribution in [1.29, 1.82) is 0 Å². The van der Waals surface area contributed by atoms with Gasteiger partial charge in [-0.25, -0.2) is 0 Å². The minimum atomic E-state index is 0.408. The number of unbranched alkanes of at least 4 members (excludes halogenated alkanes) is 1. The summed E-state index contributed by atoms with van der Waals surface area (Å²) in [5.74, 6) is 1.91. The van der Waals surface area contributed by atoms with Crippen molar-refractivity contribution < 1.29 is 0 Å². The third-order valence-electron chi connectivity index (χ3n) is 5.63. The summed E-state index contributed by atoms with van der Waals surface area (Å²) in [5, 5.41) is 3.88. The van der Waals surface area contributed by atoms with Gasteiger partial charge in [-0.2, -0.15) is 0 Å². The molecule has 0 aromatic heterocycles. The van der Waals surface area contributed by atoms with Crippen LogP contribution in [0.5, 0.6) is 0 Å². The van der Waals surface area contributed by atoms with Crippen LogP contribution in [-0.4, -0.2) is 12.1 Å². The molecule has 2 bridgehead atoms. The molecular formula is C14H27N. The van der Waals surface area contributed by atoms with Crippen LogP contribution in [0, 0.1) is 17.3 Å². The van der Waals surface area contributed by atoms with E-state index in [4.69, 9.17) is 0 Å². The van der Waals surface area contributed by atoms with Crippen LogP contribution in [0.15, 0.2) is 0 Å². The van der Waals surface area contributed by atoms with Crippen LogP contribution in [0.3, 0.4) is 0 Å². The van der Waals surface area contributed by atoms with Gasteiger partial charge in [-0.1, -0.05) is 27.2 Å². The van der Waals surface area contributed by atoms with Gasteiger partial charge < -0.3 is 5.32 Å². The standard InChI is InChI=1S/C14H27N/c1-5-6-9-15-14(4)12-8-7-11(10-12)13(14,2)3/h11-12,15H,5-10H2,1-4H3. The Morgan fingerprint density at radius 3 is 2.33 bits per heavy atom. The smallest absolute Gasteiger partial charge is 0.0235 e. The number of rotatable bonds is 4. The van der Waals surface area contributed by atoms with Gasteiger partial charge in [0.05, 0.1) is 0 Å². The first-order valence-corrected chi connectivity index (χ1v) is 6.77. The monoisotopic (exact) mass is 209 g/mol. The minimum absolute atomic E-state index is 0.408. The minimum Gasteiger partial charge on any atom is -0.311 e. The quantitative estimate of drug-likeness (QED) is 0.698. The Labute approximate surface area is 95.0 Å². The lowest BCUT2D eigenvalue weighted by molar-refractivity contribution is 0.0660. The van der Waals surface area contributed by atoms with Crippen LogP contribution < -0.4 is 5.32 Å². The van der Waals surface area contributed by atoms with Gasteiger partial charge in [-0.05, 0) is 56.4 Å². The zero-order valence-electron chi connectivity index (χ0n) is 10.9. The second-order valence-electron chi connectivity index (χ2n) is 6.41. The molecular weight excluding hydrogens is 182 g/mol. The van der Waals surface area contributed by atoms with Gasteiger partial charge in [-0.3, -0.25) is 0 Å². The van der Waals surface area contributed by atoms with E-state index in [1.165, 1.54) is 38.6 Å². The van der Waals surface area contributed by atoms with Crippen LogP contribution >= 0.6 is 0 Å². The molecule has 3 atom stereocenters. The van der Waals surface area contributed by atoms with Gasteiger partial charge in [0.1, 0.15) is 0 Å². The second kappa shape index (κ2) is 3.76. The van der Waals surface area contributed by atoms with E-state index in [0.29, 0.717) is 11.0 Å². The fourth-order valence-corrected chi connectivity index (χ4v) is 4.01. The van der Waals surface area contributed by atoms with Crippen LogP contribution in [0.2, 0.25) is 0 Å². The maximum Gasteiger partial charge on any atom is 0.0235 e. The van der Waals surface area contributed by atoms with Crippen LogP contribution in [0.25, 0.3) is 0 Å². The molecule has 0 aromatic carbocycles. The molecule has 0 radical (unpaired) electrons. The Hall–Kier alpha value is -0.0400. The van der Waals surface area contributed by atoms with E-state index in [2.05, 4.69) is 33.0 Å². The zero-order chi connectivity index (χ0) is 11.1. The highest BCUT2D eigenvalue weighted by Crippen LogP contribution is 2.61. The van der Waals surface area contributed by atoms with E-state index in [1.807, 2.05) is 0 Å². The van der Waals surface area contributed by atoms with Gasteiger partial charge in [0.15, 0.2) is 0 Å². The number of fused-ring (bicyclic) bond motifs is 2. The van der Waals surface area contributed by atoms with Crippen molar-refractivity contribution in [2.45, 2.75) is 65.3 Å². The van der Waals surface area contributed by atoms with Crippen molar-refractivity contribution in [1.82, 2.24) is 5.32 Å². The Morgan fingerprint density at radius 1 is 1.13 bits per heavy atom. The molecule has 0 aromatic rings. The highest BCUT2D eigenvalue weighted by molar-refractivity contribution is 5.14. The Morgan fingerprint density at radius 2 is 1.80 bits per heavy atom. The van der Waals surface area contributed by atoms with Crippen molar-refractivity contribution in [2.75, 3.05) is 6.54 Å². The van der Waals surface area contributed by atoms with Gasteiger partial charge in [0, 0.05) is 5.54 Å². The van der Waals surface area contributed by atoms with Crippen molar-refractivity contribution in [2.24, 2.45) is 17.3 Å². The average molecular weight is 209 g/mol. The molecule has 1 heteroatoms. The fraction of sp³-hybridized carbons (Fsp3) is 1.00. The molecule has 1 nitrogen and oxygen atoms in total. The second-order valence-corrected chi connectivity index (χ2v) is 6.41. The molecule has 88 valence electrons. The van der Waals surface area contributed by atoms with E-state index >= 15 is 0 Å². The van der Waals surface area contributed by atoms with Crippen molar-refractivity contribution in [3.8, 4) is 0 Å². The molecule has 15 heavy (non-hydrogen) atoms. The predicted molar refractivity (Wildman–Crippen MR) is 65.9 cm³/mol. The maximum absolute atomic E-state index is 3.88. The normalized spacial score (nSPS) is 42.4. The first-order valence-electron chi connectivity index (χ1n) is 6.77. The first-order chi connectivity index (χ1) is 7.02. The molecule has 2 fully saturated rings. The third-order valence-corrected chi connectivity index (χ3v) is 5.63. The fourth-order valence-electron chi connectivity index (χ4n) is 4.01. The first kappa shape index (κ1) is 11.4. The van der Waals surface area contributed by atoms with Crippen molar-refractivity contribution >= 4 is 0 Å². The van der Waals surface area contributed by atoms with E-state index in [-0.39, 0.29) is 0 Å². The molecule has 0 heterocycles. The SMILES string of the molecule is CCCCNC1(C)C2CCC(C2)C1(C)C. The van der Waals surface area contributed by atoms with Crippen molar-refractivity contribution in [3.05, 3.63) is 0 Å².